The third-order valence-electron chi connectivity index (χ3n) is 2.54. The van der Waals surface area contributed by atoms with Gasteiger partial charge in [-0.25, -0.2) is 0 Å². The number of hydrogen-bond donors (Lipinski definition) is 2. The third kappa shape index (κ3) is 5.11. The number of amides is 1. The number of primary amides is 1. The predicted molar refractivity (Wildman–Crippen MR) is 58.5 cm³/mol. The average molecular weight is 215 g/mol. The Kier molecular flexibility index (Phi) is 5.01. The minimum absolute atomic E-state index is 0.123. The first kappa shape index (κ1) is 12.4. The highest BCUT2D eigenvalue weighted by atomic mass is 16.5. The maximum atomic E-state index is 10.7. The molecular formula is C10H21N3O2. The topological polar surface area (TPSA) is 67.6 Å². The molecule has 5 nitrogen and oxygen atoms in total. The van der Waals surface area contributed by atoms with E-state index in [0.29, 0.717) is 6.42 Å². The van der Waals surface area contributed by atoms with Gasteiger partial charge in [0.1, 0.15) is 0 Å². The Morgan fingerprint density at radius 2 is 2.47 bits per heavy atom. The van der Waals surface area contributed by atoms with Crippen LogP contribution in [0.25, 0.3) is 0 Å². The zero-order valence-electron chi connectivity index (χ0n) is 9.53. The van der Waals surface area contributed by atoms with Crippen molar-refractivity contribution in [2.45, 2.75) is 25.5 Å². The Hall–Kier alpha value is -0.650. The summed E-state index contributed by atoms with van der Waals surface area (Å²) in [5.41, 5.74) is 5.11. The second-order valence-corrected chi connectivity index (χ2v) is 4.23. The van der Waals surface area contributed by atoms with E-state index >= 15 is 0 Å². The van der Waals surface area contributed by atoms with Gasteiger partial charge in [-0.3, -0.25) is 4.79 Å². The van der Waals surface area contributed by atoms with Gasteiger partial charge in [-0.2, -0.15) is 0 Å². The largest absolute Gasteiger partial charge is 0.374 e. The van der Waals surface area contributed by atoms with Crippen LogP contribution < -0.4 is 11.1 Å². The van der Waals surface area contributed by atoms with Crippen molar-refractivity contribution in [3.8, 4) is 0 Å². The van der Waals surface area contributed by atoms with Crippen LogP contribution in [0.15, 0.2) is 0 Å². The van der Waals surface area contributed by atoms with E-state index in [4.69, 9.17) is 10.5 Å². The van der Waals surface area contributed by atoms with Crippen molar-refractivity contribution in [3.63, 3.8) is 0 Å². The Morgan fingerprint density at radius 3 is 3.07 bits per heavy atom. The first-order valence-corrected chi connectivity index (χ1v) is 5.39. The fraction of sp³-hybridized carbons (Fsp3) is 0.900. The molecule has 0 aromatic rings. The number of carbonyl (C=O) groups excluding carboxylic acids is 1. The highest BCUT2D eigenvalue weighted by Gasteiger charge is 2.18. The van der Waals surface area contributed by atoms with Crippen LogP contribution in [0.1, 0.15) is 13.3 Å². The number of nitrogens with one attached hydrogen (secondary N) is 1. The molecule has 3 N–H and O–H groups in total. The summed E-state index contributed by atoms with van der Waals surface area (Å²) in [5.74, 6) is -0.267. The fourth-order valence-corrected chi connectivity index (χ4v) is 1.70. The van der Waals surface area contributed by atoms with Gasteiger partial charge >= 0.3 is 0 Å². The molecule has 0 radical (unpaired) electrons. The Bertz CT molecular complexity index is 211. The number of ether oxygens (including phenoxy) is 1. The van der Waals surface area contributed by atoms with Gasteiger partial charge in [-0.1, -0.05) is 0 Å². The van der Waals surface area contributed by atoms with Gasteiger partial charge in [0, 0.05) is 32.1 Å². The van der Waals surface area contributed by atoms with E-state index in [1.165, 1.54) is 0 Å². The van der Waals surface area contributed by atoms with Crippen molar-refractivity contribution in [3.05, 3.63) is 0 Å². The van der Waals surface area contributed by atoms with Crippen molar-refractivity contribution in [2.75, 3.05) is 33.3 Å². The van der Waals surface area contributed by atoms with Gasteiger partial charge in [0.15, 0.2) is 0 Å². The molecule has 1 aliphatic heterocycles. The molecule has 0 spiro atoms. The molecule has 0 aromatic carbocycles. The molecule has 0 aromatic heterocycles. The van der Waals surface area contributed by atoms with Gasteiger partial charge in [-0.05, 0) is 14.0 Å². The lowest BCUT2D eigenvalue weighted by Crippen LogP contribution is -2.46. The monoisotopic (exact) mass is 215 g/mol. The first-order valence-electron chi connectivity index (χ1n) is 5.39. The number of hydrogen-bond acceptors (Lipinski definition) is 4. The maximum Gasteiger partial charge on any atom is 0.218 e. The summed E-state index contributed by atoms with van der Waals surface area (Å²) in [7, 11) is 2.09. The highest BCUT2D eigenvalue weighted by molar-refractivity contribution is 5.74. The standard InChI is InChI=1S/C10H21N3O2/c1-8(5-10(11)14)12-6-9-7-13(2)3-4-15-9/h8-9,12H,3-7H2,1-2H3,(H2,11,14). The summed E-state index contributed by atoms with van der Waals surface area (Å²) < 4.78 is 5.58. The molecule has 5 heteroatoms. The average Bonchev–Trinajstić information content (AvgIpc) is 2.14. The van der Waals surface area contributed by atoms with Crippen molar-refractivity contribution < 1.29 is 9.53 Å². The van der Waals surface area contributed by atoms with Gasteiger partial charge in [0.25, 0.3) is 0 Å². The molecule has 15 heavy (non-hydrogen) atoms. The molecule has 1 amide bonds. The Morgan fingerprint density at radius 1 is 1.73 bits per heavy atom. The van der Waals surface area contributed by atoms with E-state index in [9.17, 15) is 4.79 Å². The number of morpholine rings is 1. The lowest BCUT2D eigenvalue weighted by Gasteiger charge is -2.30. The minimum atomic E-state index is -0.267. The van der Waals surface area contributed by atoms with Crippen molar-refractivity contribution >= 4 is 5.91 Å². The molecule has 0 saturated carbocycles. The number of rotatable bonds is 5. The lowest BCUT2D eigenvalue weighted by molar-refractivity contribution is -0.118. The van der Waals surface area contributed by atoms with E-state index in [1.54, 1.807) is 0 Å². The summed E-state index contributed by atoms with van der Waals surface area (Å²) in [6.45, 7) is 5.45. The summed E-state index contributed by atoms with van der Waals surface area (Å²) >= 11 is 0. The lowest BCUT2D eigenvalue weighted by atomic mass is 10.2. The molecule has 1 heterocycles. The molecule has 1 rings (SSSR count). The molecule has 1 aliphatic rings. The Balaban J connectivity index is 2.15. The Labute approximate surface area is 90.9 Å². The zero-order valence-corrected chi connectivity index (χ0v) is 9.53. The molecule has 0 aliphatic carbocycles. The van der Waals surface area contributed by atoms with Crippen LogP contribution in [0.3, 0.4) is 0 Å². The predicted octanol–water partition coefficient (Wildman–Crippen LogP) is -0.829. The highest BCUT2D eigenvalue weighted by Crippen LogP contribution is 2.02. The minimum Gasteiger partial charge on any atom is -0.374 e. The van der Waals surface area contributed by atoms with Gasteiger partial charge in [-0.15, -0.1) is 0 Å². The molecule has 1 fully saturated rings. The number of likely N-dealkylation sites (N-methyl/N-ethyl adjacent to an activating group) is 1. The second kappa shape index (κ2) is 6.05. The van der Waals surface area contributed by atoms with Crippen LogP contribution in [-0.4, -0.2) is 56.2 Å². The molecular weight excluding hydrogens is 194 g/mol. The summed E-state index contributed by atoms with van der Waals surface area (Å²) in [5, 5.41) is 3.25. The first-order chi connectivity index (χ1) is 7.08. The van der Waals surface area contributed by atoms with Crippen LogP contribution >= 0.6 is 0 Å². The number of carbonyl (C=O) groups is 1. The van der Waals surface area contributed by atoms with E-state index in [2.05, 4.69) is 17.3 Å². The third-order valence-corrected chi connectivity index (χ3v) is 2.54. The van der Waals surface area contributed by atoms with Gasteiger partial charge in [0.2, 0.25) is 5.91 Å². The van der Waals surface area contributed by atoms with Gasteiger partial charge in [0.05, 0.1) is 12.7 Å². The SMILES string of the molecule is CC(CC(N)=O)NCC1CN(C)CCO1. The molecule has 2 unspecified atom stereocenters. The van der Waals surface area contributed by atoms with Crippen LogP contribution in [0.4, 0.5) is 0 Å². The number of nitrogens with zero attached hydrogens (tertiary/aromatic N) is 1. The van der Waals surface area contributed by atoms with E-state index < -0.39 is 0 Å². The molecule has 0 bridgehead atoms. The quantitative estimate of drug-likeness (QED) is 0.628. The second-order valence-electron chi connectivity index (χ2n) is 4.23. The summed E-state index contributed by atoms with van der Waals surface area (Å²) in [4.78, 5) is 12.9. The van der Waals surface area contributed by atoms with E-state index in [1.807, 2.05) is 6.92 Å². The van der Waals surface area contributed by atoms with Crippen molar-refractivity contribution in [1.82, 2.24) is 10.2 Å². The van der Waals surface area contributed by atoms with E-state index in [0.717, 1.165) is 26.2 Å². The van der Waals surface area contributed by atoms with Gasteiger partial charge < -0.3 is 20.7 Å². The van der Waals surface area contributed by atoms with Crippen LogP contribution in [0, 0.1) is 0 Å². The van der Waals surface area contributed by atoms with Crippen LogP contribution in [0.5, 0.6) is 0 Å². The van der Waals surface area contributed by atoms with E-state index in [-0.39, 0.29) is 18.1 Å². The molecule has 2 atom stereocenters. The summed E-state index contributed by atoms with van der Waals surface area (Å²) in [6, 6.07) is 0.123. The smallest absolute Gasteiger partial charge is 0.218 e. The van der Waals surface area contributed by atoms with Crippen LogP contribution in [-0.2, 0) is 9.53 Å². The van der Waals surface area contributed by atoms with Crippen molar-refractivity contribution in [2.24, 2.45) is 5.73 Å². The zero-order chi connectivity index (χ0) is 11.3. The normalized spacial score (nSPS) is 25.1. The van der Waals surface area contributed by atoms with Crippen molar-refractivity contribution in [1.29, 1.82) is 0 Å². The number of nitrogens with two attached hydrogens (primary N) is 1. The molecule has 1 saturated heterocycles. The van der Waals surface area contributed by atoms with Crippen LogP contribution in [0.2, 0.25) is 0 Å². The fourth-order valence-electron chi connectivity index (χ4n) is 1.70. The molecule has 88 valence electrons. The maximum absolute atomic E-state index is 10.7. The summed E-state index contributed by atoms with van der Waals surface area (Å²) in [6.07, 6.45) is 0.599.